The van der Waals surface area contributed by atoms with Crippen LogP contribution in [0.5, 0.6) is 0 Å². The van der Waals surface area contributed by atoms with Gasteiger partial charge in [-0.15, -0.1) is 0 Å². The van der Waals surface area contributed by atoms with Gasteiger partial charge in [0, 0.05) is 38.4 Å². The van der Waals surface area contributed by atoms with Crippen molar-refractivity contribution in [2.45, 2.75) is 27.2 Å². The quantitative estimate of drug-likeness (QED) is 0.564. The lowest BCUT2D eigenvalue weighted by Gasteiger charge is -2.17. The molecule has 19 heavy (non-hydrogen) atoms. The number of guanidine groups is 2. The first-order chi connectivity index (χ1) is 9.02. The van der Waals surface area contributed by atoms with Gasteiger partial charge in [0.25, 0.3) is 0 Å². The molecule has 0 unspecified atom stereocenters. The number of likely N-dealkylation sites (N-methyl/N-ethyl adjacent to an activating group) is 1. The summed E-state index contributed by atoms with van der Waals surface area (Å²) < 4.78 is 0. The lowest BCUT2D eigenvalue weighted by molar-refractivity contribution is 0.500. The minimum absolute atomic E-state index is 0.185. The van der Waals surface area contributed by atoms with Gasteiger partial charge in [0.15, 0.2) is 5.96 Å². The molecule has 6 nitrogen and oxygen atoms in total. The summed E-state index contributed by atoms with van der Waals surface area (Å²) in [5, 5.41) is 0. The summed E-state index contributed by atoms with van der Waals surface area (Å²) in [7, 11) is 3.45. The lowest BCUT2D eigenvalue weighted by Crippen LogP contribution is -2.37. The van der Waals surface area contributed by atoms with Crippen molar-refractivity contribution in [2.75, 3.05) is 20.6 Å². The maximum Gasteiger partial charge on any atom is 0.218 e. The van der Waals surface area contributed by atoms with E-state index in [0.717, 1.165) is 18.7 Å². The van der Waals surface area contributed by atoms with Gasteiger partial charge >= 0.3 is 0 Å². The highest BCUT2D eigenvalue weighted by molar-refractivity contribution is 5.93. The zero-order valence-corrected chi connectivity index (χ0v) is 12.6. The molecule has 1 aromatic heterocycles. The van der Waals surface area contributed by atoms with E-state index in [1.807, 2.05) is 32.7 Å². The number of nitrogens with one attached hydrogen (secondary N) is 1. The van der Waals surface area contributed by atoms with Crippen molar-refractivity contribution in [3.05, 3.63) is 23.5 Å². The number of nitrogens with zero attached hydrogens (tertiary/aromatic N) is 3. The molecule has 6 heteroatoms. The number of hydrogen-bond donors (Lipinski definition) is 3. The van der Waals surface area contributed by atoms with E-state index in [9.17, 15) is 0 Å². The highest BCUT2D eigenvalue weighted by Gasteiger charge is 2.03. The van der Waals surface area contributed by atoms with Gasteiger partial charge in [-0.1, -0.05) is 13.8 Å². The van der Waals surface area contributed by atoms with Crippen molar-refractivity contribution >= 4 is 11.9 Å². The third-order valence-electron chi connectivity index (χ3n) is 2.46. The average molecular weight is 266 g/mol. The van der Waals surface area contributed by atoms with Crippen LogP contribution in [0.4, 0.5) is 0 Å². The molecule has 5 N–H and O–H groups in total. The summed E-state index contributed by atoms with van der Waals surface area (Å²) in [5.74, 6) is 0.557. The van der Waals surface area contributed by atoms with Gasteiger partial charge in [0.05, 0.1) is 0 Å². The smallest absolute Gasteiger partial charge is 0.218 e. The normalized spacial score (nSPS) is 11.8. The molecule has 1 aromatic rings. The molecule has 0 saturated carbocycles. The first-order valence-electron chi connectivity index (χ1n) is 6.45. The minimum Gasteiger partial charge on any atom is -0.369 e. The number of aliphatic imine (C=N–C) groups is 2. The fourth-order valence-corrected chi connectivity index (χ4v) is 1.36. The van der Waals surface area contributed by atoms with Crippen LogP contribution in [0, 0.1) is 6.92 Å². The number of aromatic nitrogens is 1. The second-order valence-corrected chi connectivity index (χ2v) is 3.89. The monoisotopic (exact) mass is 266 g/mol. The van der Waals surface area contributed by atoms with Crippen LogP contribution in [0.25, 0.3) is 0 Å². The third kappa shape index (κ3) is 6.49. The number of rotatable bonds is 3. The average Bonchev–Trinajstić information content (AvgIpc) is 2.83. The Kier molecular flexibility index (Phi) is 8.08. The van der Waals surface area contributed by atoms with Gasteiger partial charge in [0.1, 0.15) is 0 Å². The van der Waals surface area contributed by atoms with E-state index in [0.29, 0.717) is 5.96 Å². The molecule has 0 aliphatic heterocycles. The topological polar surface area (TPSA) is 95.8 Å². The van der Waals surface area contributed by atoms with Crippen LogP contribution in [-0.4, -0.2) is 42.4 Å². The van der Waals surface area contributed by atoms with Crippen LogP contribution < -0.4 is 11.5 Å². The first-order valence-corrected chi connectivity index (χ1v) is 6.45. The van der Waals surface area contributed by atoms with Gasteiger partial charge in [-0.05, 0) is 19.1 Å². The second kappa shape index (κ2) is 9.02. The summed E-state index contributed by atoms with van der Waals surface area (Å²) in [4.78, 5) is 12.8. The summed E-state index contributed by atoms with van der Waals surface area (Å²) >= 11 is 0. The fourth-order valence-electron chi connectivity index (χ4n) is 1.36. The Morgan fingerprint density at radius 3 is 2.42 bits per heavy atom. The molecular weight excluding hydrogens is 240 g/mol. The summed E-state index contributed by atoms with van der Waals surface area (Å²) in [6.07, 6.45) is 0.879. The summed E-state index contributed by atoms with van der Waals surface area (Å²) in [6.45, 7) is 6.80. The van der Waals surface area contributed by atoms with Gasteiger partial charge in [0.2, 0.25) is 5.96 Å². The van der Waals surface area contributed by atoms with Crippen molar-refractivity contribution in [3.8, 4) is 0 Å². The molecule has 0 aromatic carbocycles. The van der Waals surface area contributed by atoms with Crippen molar-refractivity contribution < 1.29 is 0 Å². The Morgan fingerprint density at radius 2 is 1.95 bits per heavy atom. The standard InChI is InChI=1S/C11H20N6.C2H6/c1-8-4-5-9(15-8)6-7-17(3)11(13)16-10(12)14-2;1-2/h4-5,15H,6-7H2,1-3H3,(H4,12,13,14,16);1-2H3. The summed E-state index contributed by atoms with van der Waals surface area (Å²) in [6, 6.07) is 4.12. The number of hydrogen-bond acceptors (Lipinski definition) is 1. The van der Waals surface area contributed by atoms with Crippen LogP contribution in [0.3, 0.4) is 0 Å². The van der Waals surface area contributed by atoms with E-state index in [2.05, 4.69) is 27.1 Å². The largest absolute Gasteiger partial charge is 0.369 e. The lowest BCUT2D eigenvalue weighted by atomic mass is 10.3. The van der Waals surface area contributed by atoms with E-state index < -0.39 is 0 Å². The molecule has 0 aliphatic carbocycles. The van der Waals surface area contributed by atoms with Crippen molar-refractivity contribution in [3.63, 3.8) is 0 Å². The van der Waals surface area contributed by atoms with Gasteiger partial charge < -0.3 is 21.4 Å². The molecule has 1 heterocycles. The van der Waals surface area contributed by atoms with Crippen molar-refractivity contribution in [1.29, 1.82) is 0 Å². The van der Waals surface area contributed by atoms with Crippen LogP contribution in [0.15, 0.2) is 22.1 Å². The van der Waals surface area contributed by atoms with E-state index in [1.54, 1.807) is 7.05 Å². The fraction of sp³-hybridized carbons (Fsp3) is 0.538. The molecule has 108 valence electrons. The Morgan fingerprint density at radius 1 is 1.32 bits per heavy atom. The maximum absolute atomic E-state index is 5.77. The van der Waals surface area contributed by atoms with E-state index in [4.69, 9.17) is 11.5 Å². The third-order valence-corrected chi connectivity index (χ3v) is 2.46. The predicted octanol–water partition coefficient (Wildman–Crippen LogP) is 1.08. The highest BCUT2D eigenvalue weighted by Crippen LogP contribution is 2.01. The Bertz CT molecular complexity index is 419. The molecule has 1 rings (SSSR count). The number of nitrogens with two attached hydrogens (primary N) is 2. The molecule has 0 aliphatic rings. The molecule has 0 bridgehead atoms. The first kappa shape index (κ1) is 17.0. The minimum atomic E-state index is 0.185. The number of H-pyrrole nitrogens is 1. The molecule has 0 atom stereocenters. The molecular formula is C13H26N6. The van der Waals surface area contributed by atoms with Crippen molar-refractivity contribution in [1.82, 2.24) is 9.88 Å². The van der Waals surface area contributed by atoms with E-state index >= 15 is 0 Å². The Balaban J connectivity index is 0.00000154. The molecule has 0 saturated heterocycles. The van der Waals surface area contributed by atoms with Crippen LogP contribution in [-0.2, 0) is 6.42 Å². The zero-order chi connectivity index (χ0) is 14.8. The van der Waals surface area contributed by atoms with E-state index in [-0.39, 0.29) is 5.96 Å². The maximum atomic E-state index is 5.77. The molecule has 0 amide bonds. The van der Waals surface area contributed by atoms with Gasteiger partial charge in [-0.25, -0.2) is 0 Å². The number of aromatic amines is 1. The molecule has 0 spiro atoms. The zero-order valence-electron chi connectivity index (χ0n) is 12.6. The highest BCUT2D eigenvalue weighted by atomic mass is 15.3. The Labute approximate surface area is 115 Å². The van der Waals surface area contributed by atoms with E-state index in [1.165, 1.54) is 5.69 Å². The van der Waals surface area contributed by atoms with Crippen LogP contribution in [0.2, 0.25) is 0 Å². The number of aryl methyl sites for hydroxylation is 1. The Hall–Kier alpha value is -1.98. The van der Waals surface area contributed by atoms with Gasteiger partial charge in [-0.2, -0.15) is 4.99 Å². The van der Waals surface area contributed by atoms with Crippen LogP contribution >= 0.6 is 0 Å². The van der Waals surface area contributed by atoms with Crippen molar-refractivity contribution in [2.24, 2.45) is 21.5 Å². The SMILES string of the molecule is CC.CN=C(N)/N=C(\N)N(C)CCc1ccc(C)[nH]1. The summed E-state index contributed by atoms with van der Waals surface area (Å²) in [5.41, 5.74) is 13.6. The molecule has 0 fully saturated rings. The predicted molar refractivity (Wildman–Crippen MR) is 82.4 cm³/mol. The van der Waals surface area contributed by atoms with Gasteiger partial charge in [-0.3, -0.25) is 4.99 Å². The molecule has 0 radical (unpaired) electrons. The second-order valence-electron chi connectivity index (χ2n) is 3.89. The van der Waals surface area contributed by atoms with Crippen LogP contribution in [0.1, 0.15) is 25.2 Å².